The average Bonchev–Trinajstić information content (AvgIpc) is 3.31. The maximum atomic E-state index is 6.91. The summed E-state index contributed by atoms with van der Waals surface area (Å²) in [6.07, 6.45) is 0. The lowest BCUT2D eigenvalue weighted by Crippen LogP contribution is -2.43. The van der Waals surface area contributed by atoms with E-state index in [2.05, 4.69) is 172 Å². The molecule has 280 valence electrons. The van der Waals surface area contributed by atoms with Crippen LogP contribution in [0, 0.1) is 0 Å². The summed E-state index contributed by atoms with van der Waals surface area (Å²) in [6.45, 7) is 4.69. The van der Waals surface area contributed by atoms with Crippen LogP contribution < -0.4 is 4.74 Å². The van der Waals surface area contributed by atoms with E-state index in [9.17, 15) is 0 Å². The first kappa shape index (κ1) is 34.8. The summed E-state index contributed by atoms with van der Waals surface area (Å²) in [7, 11) is 0. The van der Waals surface area contributed by atoms with Crippen molar-refractivity contribution >= 4 is 0 Å². The number of hydrogen-bond acceptors (Lipinski definition) is 4. The molecule has 2 heterocycles. The SMILES string of the molecule is CC1(C)c2ccccc2C2(c3ccccc3Oc3cc(-c4cccc(-c5nc(-c6ccccc6)nc(-c6ccccc6-c6ccccc6)n5)c4)ccc32)c2ccccc21. The van der Waals surface area contributed by atoms with Crippen LogP contribution in [-0.4, -0.2) is 15.0 Å². The molecule has 4 nitrogen and oxygen atoms in total. The summed E-state index contributed by atoms with van der Waals surface area (Å²) >= 11 is 0. The Hall–Kier alpha value is -7.43. The number of nitrogens with zero attached hydrogens (tertiary/aromatic N) is 3. The van der Waals surface area contributed by atoms with Gasteiger partial charge >= 0.3 is 0 Å². The lowest BCUT2D eigenvalue weighted by atomic mass is 9.53. The predicted octanol–water partition coefficient (Wildman–Crippen LogP) is 13.3. The molecule has 0 atom stereocenters. The summed E-state index contributed by atoms with van der Waals surface area (Å²) < 4.78 is 6.91. The van der Waals surface area contributed by atoms with Crippen LogP contribution in [0.5, 0.6) is 11.5 Å². The monoisotopic (exact) mass is 757 g/mol. The van der Waals surface area contributed by atoms with Gasteiger partial charge in [-0.25, -0.2) is 15.0 Å². The van der Waals surface area contributed by atoms with Gasteiger partial charge in [0.1, 0.15) is 11.5 Å². The van der Waals surface area contributed by atoms with Crippen molar-refractivity contribution in [3.63, 3.8) is 0 Å². The van der Waals surface area contributed by atoms with Gasteiger partial charge in [0.05, 0.1) is 5.41 Å². The molecule has 8 aromatic carbocycles. The van der Waals surface area contributed by atoms with Gasteiger partial charge in [-0.1, -0.05) is 196 Å². The summed E-state index contributed by atoms with van der Waals surface area (Å²) in [6, 6.07) is 70.6. The van der Waals surface area contributed by atoms with Crippen molar-refractivity contribution in [2.24, 2.45) is 0 Å². The second-order valence-electron chi connectivity index (χ2n) is 15.9. The average molecular weight is 758 g/mol. The molecule has 0 N–H and O–H groups in total. The van der Waals surface area contributed by atoms with Crippen LogP contribution in [0.2, 0.25) is 0 Å². The molecule has 0 unspecified atom stereocenters. The van der Waals surface area contributed by atoms with Crippen molar-refractivity contribution in [2.45, 2.75) is 24.7 Å². The molecule has 0 fully saturated rings. The number of para-hydroxylation sites is 1. The molecule has 0 saturated carbocycles. The third-order valence-electron chi connectivity index (χ3n) is 12.3. The lowest BCUT2D eigenvalue weighted by molar-refractivity contribution is 0.425. The van der Waals surface area contributed by atoms with Crippen LogP contribution in [-0.2, 0) is 10.8 Å². The minimum atomic E-state index is -0.557. The third-order valence-corrected chi connectivity index (χ3v) is 12.3. The van der Waals surface area contributed by atoms with Crippen molar-refractivity contribution in [3.05, 3.63) is 234 Å². The van der Waals surface area contributed by atoms with E-state index in [1.165, 1.54) is 22.3 Å². The molecule has 0 radical (unpaired) electrons. The summed E-state index contributed by atoms with van der Waals surface area (Å²) in [5.41, 5.74) is 13.9. The van der Waals surface area contributed by atoms with Crippen molar-refractivity contribution < 1.29 is 4.74 Å². The fraction of sp³-hybridized carbons (Fsp3) is 0.0727. The zero-order chi connectivity index (χ0) is 39.6. The summed E-state index contributed by atoms with van der Waals surface area (Å²) in [5.74, 6) is 3.58. The minimum Gasteiger partial charge on any atom is -0.457 e. The van der Waals surface area contributed by atoms with Crippen molar-refractivity contribution in [1.82, 2.24) is 15.0 Å². The molecule has 0 amide bonds. The topological polar surface area (TPSA) is 47.9 Å². The number of fused-ring (bicyclic) bond motifs is 8. The van der Waals surface area contributed by atoms with E-state index < -0.39 is 5.41 Å². The molecule has 4 heteroatoms. The van der Waals surface area contributed by atoms with Crippen LogP contribution in [0.15, 0.2) is 200 Å². The zero-order valence-electron chi connectivity index (χ0n) is 32.8. The van der Waals surface area contributed by atoms with Crippen LogP contribution in [0.1, 0.15) is 47.2 Å². The van der Waals surface area contributed by atoms with E-state index in [4.69, 9.17) is 19.7 Å². The molecule has 11 rings (SSSR count). The molecule has 0 bridgehead atoms. The summed E-state index contributed by atoms with van der Waals surface area (Å²) in [4.78, 5) is 15.4. The highest BCUT2D eigenvalue weighted by molar-refractivity contribution is 5.83. The van der Waals surface area contributed by atoms with Gasteiger partial charge in [0.2, 0.25) is 0 Å². The molecule has 1 aromatic heterocycles. The van der Waals surface area contributed by atoms with Crippen LogP contribution in [0.4, 0.5) is 0 Å². The number of rotatable bonds is 5. The van der Waals surface area contributed by atoms with Crippen LogP contribution in [0.3, 0.4) is 0 Å². The quantitative estimate of drug-likeness (QED) is 0.175. The van der Waals surface area contributed by atoms with Crippen molar-refractivity contribution in [3.8, 4) is 67.9 Å². The van der Waals surface area contributed by atoms with E-state index in [-0.39, 0.29) is 5.41 Å². The van der Waals surface area contributed by atoms with Gasteiger partial charge in [0.25, 0.3) is 0 Å². The number of benzene rings is 8. The van der Waals surface area contributed by atoms with E-state index >= 15 is 0 Å². The molecular weight excluding hydrogens is 719 g/mol. The summed E-state index contributed by atoms with van der Waals surface area (Å²) in [5, 5.41) is 0. The maximum absolute atomic E-state index is 6.91. The maximum Gasteiger partial charge on any atom is 0.164 e. The second kappa shape index (κ2) is 13.6. The largest absolute Gasteiger partial charge is 0.457 e. The van der Waals surface area contributed by atoms with Gasteiger partial charge in [-0.3, -0.25) is 0 Å². The Morgan fingerprint density at radius 3 is 1.49 bits per heavy atom. The molecule has 9 aromatic rings. The molecular formula is C55H39N3O. The molecule has 1 aliphatic carbocycles. The highest BCUT2D eigenvalue weighted by atomic mass is 16.5. The van der Waals surface area contributed by atoms with Gasteiger partial charge in [-0.15, -0.1) is 0 Å². The normalized spacial score (nSPS) is 14.0. The van der Waals surface area contributed by atoms with Gasteiger partial charge in [0, 0.05) is 33.2 Å². The Labute approximate surface area is 344 Å². The highest BCUT2D eigenvalue weighted by Crippen LogP contribution is 2.61. The number of ether oxygens (including phenoxy) is 1. The van der Waals surface area contributed by atoms with Gasteiger partial charge in [-0.2, -0.15) is 0 Å². The fourth-order valence-electron chi connectivity index (χ4n) is 9.53. The van der Waals surface area contributed by atoms with Crippen LogP contribution in [0.25, 0.3) is 56.4 Å². The standard InChI is InChI=1S/C55H39N3O/c1-54(2)43-26-11-13-28-45(43)55(46-29-14-12-27-44(46)54)47-30-15-16-31-49(47)59-50-35-39(32-33-48(50)55)38-22-17-23-40(34-38)52-56-51(37-20-7-4-8-21-37)57-53(58-52)42-25-10-9-24-41(42)36-18-5-3-6-19-36/h3-35H,1-2H3. The first-order chi connectivity index (χ1) is 29.0. The van der Waals surface area contributed by atoms with Crippen molar-refractivity contribution in [2.75, 3.05) is 0 Å². The van der Waals surface area contributed by atoms with Crippen molar-refractivity contribution in [1.29, 1.82) is 0 Å². The Bertz CT molecular complexity index is 3010. The molecule has 1 aliphatic heterocycles. The fourth-order valence-corrected chi connectivity index (χ4v) is 9.53. The number of hydrogen-bond donors (Lipinski definition) is 0. The van der Waals surface area contributed by atoms with E-state index in [0.29, 0.717) is 17.5 Å². The molecule has 1 spiro atoms. The second-order valence-corrected chi connectivity index (χ2v) is 15.9. The van der Waals surface area contributed by atoms with Crippen LogP contribution >= 0.6 is 0 Å². The lowest BCUT2D eigenvalue weighted by Gasteiger charge is -2.50. The third kappa shape index (κ3) is 5.48. The first-order valence-electron chi connectivity index (χ1n) is 20.2. The molecule has 2 aliphatic rings. The Kier molecular flexibility index (Phi) is 8.02. The van der Waals surface area contributed by atoms with Gasteiger partial charge < -0.3 is 4.74 Å². The smallest absolute Gasteiger partial charge is 0.164 e. The first-order valence-corrected chi connectivity index (χ1v) is 20.2. The zero-order valence-corrected chi connectivity index (χ0v) is 32.8. The Morgan fingerprint density at radius 1 is 0.322 bits per heavy atom. The Balaban J connectivity index is 1.07. The molecule has 59 heavy (non-hydrogen) atoms. The van der Waals surface area contributed by atoms with E-state index in [1.807, 2.05) is 42.5 Å². The van der Waals surface area contributed by atoms with Gasteiger partial charge in [-0.05, 0) is 62.7 Å². The Morgan fingerprint density at radius 2 is 0.797 bits per heavy atom. The van der Waals surface area contributed by atoms with E-state index in [1.54, 1.807) is 0 Å². The molecule has 0 saturated heterocycles. The van der Waals surface area contributed by atoms with E-state index in [0.717, 1.165) is 61.6 Å². The van der Waals surface area contributed by atoms with Gasteiger partial charge in [0.15, 0.2) is 17.5 Å². The number of aromatic nitrogens is 3. The minimum absolute atomic E-state index is 0.175. The predicted molar refractivity (Wildman–Crippen MR) is 238 cm³/mol. The highest BCUT2D eigenvalue weighted by Gasteiger charge is 2.52.